The lowest BCUT2D eigenvalue weighted by Crippen LogP contribution is -2.35. The van der Waals surface area contributed by atoms with Gasteiger partial charge in [-0.3, -0.25) is 0 Å². The maximum Gasteiger partial charge on any atom is 0.494 e. The van der Waals surface area contributed by atoms with Crippen LogP contribution in [0.15, 0.2) is 16.6 Å². The lowest BCUT2D eigenvalue weighted by molar-refractivity contribution is 0.419. The van der Waals surface area contributed by atoms with Crippen LogP contribution in [-0.4, -0.2) is 17.2 Å². The van der Waals surface area contributed by atoms with Gasteiger partial charge in [0.2, 0.25) is 0 Å². The van der Waals surface area contributed by atoms with Crippen molar-refractivity contribution in [2.24, 2.45) is 0 Å². The van der Waals surface area contributed by atoms with E-state index in [-0.39, 0.29) is 4.47 Å². The highest BCUT2D eigenvalue weighted by molar-refractivity contribution is 9.10. The van der Waals surface area contributed by atoms with Gasteiger partial charge in [-0.05, 0) is 12.1 Å². The molecular formula is C6H4BBrF2O2. The van der Waals surface area contributed by atoms with Gasteiger partial charge in [0.25, 0.3) is 0 Å². The number of hydrogen-bond donors (Lipinski definition) is 2. The van der Waals surface area contributed by atoms with Crippen molar-refractivity contribution in [1.82, 2.24) is 0 Å². The second-order valence-electron chi connectivity index (χ2n) is 2.16. The number of rotatable bonds is 1. The molecule has 6 heteroatoms. The lowest BCUT2D eigenvalue weighted by Gasteiger charge is -2.03. The summed E-state index contributed by atoms with van der Waals surface area (Å²) in [6.45, 7) is 0. The van der Waals surface area contributed by atoms with Crippen molar-refractivity contribution in [2.75, 3.05) is 0 Å². The van der Waals surface area contributed by atoms with Gasteiger partial charge in [0.05, 0.1) is 5.46 Å². The van der Waals surface area contributed by atoms with Crippen LogP contribution in [0.5, 0.6) is 0 Å². The third kappa shape index (κ3) is 1.82. The van der Waals surface area contributed by atoms with Gasteiger partial charge in [0.1, 0.15) is 11.6 Å². The first-order valence-corrected chi connectivity index (χ1v) is 3.82. The Hall–Kier alpha value is -0.455. The van der Waals surface area contributed by atoms with Gasteiger partial charge in [-0.25, -0.2) is 8.78 Å². The van der Waals surface area contributed by atoms with Crippen molar-refractivity contribution in [3.05, 3.63) is 28.2 Å². The van der Waals surface area contributed by atoms with Crippen molar-refractivity contribution >= 4 is 28.5 Å². The molecule has 0 aliphatic carbocycles. The second kappa shape index (κ2) is 3.51. The van der Waals surface area contributed by atoms with Crippen LogP contribution < -0.4 is 5.46 Å². The summed E-state index contributed by atoms with van der Waals surface area (Å²) in [5.41, 5.74) is -0.738. The summed E-state index contributed by atoms with van der Waals surface area (Å²) in [5, 5.41) is 17.1. The maximum absolute atomic E-state index is 12.8. The van der Waals surface area contributed by atoms with Crippen LogP contribution in [0.25, 0.3) is 0 Å². The van der Waals surface area contributed by atoms with E-state index in [4.69, 9.17) is 10.0 Å². The molecule has 12 heavy (non-hydrogen) atoms. The fourth-order valence-corrected chi connectivity index (χ4v) is 1.20. The molecule has 64 valence electrons. The summed E-state index contributed by atoms with van der Waals surface area (Å²) in [4.78, 5) is 0. The third-order valence-corrected chi connectivity index (χ3v) is 1.76. The average Bonchev–Trinajstić information content (AvgIpc) is 1.82. The van der Waals surface area contributed by atoms with E-state index in [1.807, 2.05) is 0 Å². The van der Waals surface area contributed by atoms with Crippen molar-refractivity contribution in [1.29, 1.82) is 0 Å². The molecule has 0 aliphatic heterocycles. The predicted molar refractivity (Wildman–Crippen MR) is 43.9 cm³/mol. The van der Waals surface area contributed by atoms with Gasteiger partial charge in [-0.15, -0.1) is 0 Å². The van der Waals surface area contributed by atoms with E-state index >= 15 is 0 Å². The molecule has 0 heterocycles. The Morgan fingerprint density at radius 2 is 1.58 bits per heavy atom. The van der Waals surface area contributed by atoms with Crippen LogP contribution in [0.4, 0.5) is 8.78 Å². The molecule has 0 bridgehead atoms. The molecule has 0 aliphatic rings. The van der Waals surface area contributed by atoms with Crippen LogP contribution in [0.3, 0.4) is 0 Å². The molecule has 1 aromatic carbocycles. The van der Waals surface area contributed by atoms with Crippen LogP contribution >= 0.6 is 15.9 Å². The summed E-state index contributed by atoms with van der Waals surface area (Å²) in [6, 6.07) is 1.91. The summed E-state index contributed by atoms with van der Waals surface area (Å²) in [6.07, 6.45) is 0. The maximum atomic E-state index is 12.8. The fourth-order valence-electron chi connectivity index (χ4n) is 0.800. The van der Waals surface area contributed by atoms with Crippen molar-refractivity contribution in [3.63, 3.8) is 0 Å². The van der Waals surface area contributed by atoms with E-state index in [0.29, 0.717) is 0 Å². The van der Waals surface area contributed by atoms with E-state index in [2.05, 4.69) is 15.9 Å². The Balaban J connectivity index is 3.28. The first-order valence-electron chi connectivity index (χ1n) is 3.03. The Bertz CT molecular complexity index is 283. The summed E-state index contributed by atoms with van der Waals surface area (Å²) in [7, 11) is -2.13. The number of hydrogen-bond acceptors (Lipinski definition) is 2. The van der Waals surface area contributed by atoms with Crippen LogP contribution in [0.2, 0.25) is 0 Å². The highest BCUT2D eigenvalue weighted by Crippen LogP contribution is 2.12. The molecule has 0 atom stereocenters. The standard InChI is InChI=1S/C6H4BBrF2O2/c8-3-1-4(9)6(7(11)12)5(10)2-3/h1-2,11-12H. The zero-order chi connectivity index (χ0) is 9.30. The predicted octanol–water partition coefficient (Wildman–Crippen LogP) is 0.407. The quantitative estimate of drug-likeness (QED) is 0.694. The minimum atomic E-state index is -2.13. The van der Waals surface area contributed by atoms with Crippen molar-refractivity contribution in [3.8, 4) is 0 Å². The van der Waals surface area contributed by atoms with E-state index < -0.39 is 24.2 Å². The molecule has 2 nitrogen and oxygen atoms in total. The Labute approximate surface area is 76.1 Å². The van der Waals surface area contributed by atoms with E-state index in [1.54, 1.807) is 0 Å². The zero-order valence-corrected chi connectivity index (χ0v) is 7.35. The molecule has 0 amide bonds. The topological polar surface area (TPSA) is 40.5 Å². The smallest absolute Gasteiger partial charge is 0.423 e. The molecule has 0 saturated carbocycles. The summed E-state index contributed by atoms with van der Waals surface area (Å²) in [5.74, 6) is -1.98. The normalized spacial score (nSPS) is 10.1. The minimum absolute atomic E-state index is 0.210. The third-order valence-electron chi connectivity index (χ3n) is 1.30. The van der Waals surface area contributed by atoms with Gasteiger partial charge in [-0.1, -0.05) is 15.9 Å². The molecule has 0 aromatic heterocycles. The Morgan fingerprint density at radius 1 is 1.17 bits per heavy atom. The van der Waals surface area contributed by atoms with Crippen LogP contribution in [0.1, 0.15) is 0 Å². The Kier molecular flexibility index (Phi) is 2.82. The van der Waals surface area contributed by atoms with Crippen molar-refractivity contribution in [2.45, 2.75) is 0 Å². The van der Waals surface area contributed by atoms with Gasteiger partial charge in [0, 0.05) is 4.47 Å². The van der Waals surface area contributed by atoms with E-state index in [1.165, 1.54) is 0 Å². The molecule has 0 spiro atoms. The molecule has 0 fully saturated rings. The van der Waals surface area contributed by atoms with E-state index in [9.17, 15) is 8.78 Å². The summed E-state index contributed by atoms with van der Waals surface area (Å²) >= 11 is 2.85. The second-order valence-corrected chi connectivity index (χ2v) is 3.07. The van der Waals surface area contributed by atoms with Gasteiger partial charge in [-0.2, -0.15) is 0 Å². The first-order chi connectivity index (χ1) is 5.52. The fraction of sp³-hybridized carbons (Fsp3) is 0. The molecule has 2 N–H and O–H groups in total. The lowest BCUT2D eigenvalue weighted by atomic mass is 9.79. The van der Waals surface area contributed by atoms with Crippen LogP contribution in [0, 0.1) is 11.6 Å². The highest BCUT2D eigenvalue weighted by Gasteiger charge is 2.21. The Morgan fingerprint density at radius 3 is 1.92 bits per heavy atom. The highest BCUT2D eigenvalue weighted by atomic mass is 79.9. The first kappa shape index (κ1) is 9.63. The number of halogens is 3. The van der Waals surface area contributed by atoms with Gasteiger partial charge in [0.15, 0.2) is 0 Å². The van der Waals surface area contributed by atoms with Gasteiger partial charge >= 0.3 is 7.12 Å². The average molecular weight is 237 g/mol. The van der Waals surface area contributed by atoms with Crippen LogP contribution in [-0.2, 0) is 0 Å². The zero-order valence-electron chi connectivity index (χ0n) is 5.76. The molecule has 1 aromatic rings. The molecular weight excluding hydrogens is 233 g/mol. The largest absolute Gasteiger partial charge is 0.494 e. The molecule has 0 unspecified atom stereocenters. The SMILES string of the molecule is OB(O)c1c(F)cc(Br)cc1F. The summed E-state index contributed by atoms with van der Waals surface area (Å²) < 4.78 is 25.8. The minimum Gasteiger partial charge on any atom is -0.423 e. The number of benzene rings is 1. The monoisotopic (exact) mass is 236 g/mol. The molecule has 0 saturated heterocycles. The van der Waals surface area contributed by atoms with Crippen molar-refractivity contribution < 1.29 is 18.8 Å². The molecule has 0 radical (unpaired) electrons. The molecule has 1 rings (SSSR count). The van der Waals surface area contributed by atoms with Gasteiger partial charge < -0.3 is 10.0 Å². The van der Waals surface area contributed by atoms with E-state index in [0.717, 1.165) is 12.1 Å².